The topological polar surface area (TPSA) is 55.6 Å². The number of nitrogens with zero attached hydrogens (tertiary/aromatic N) is 1. The summed E-state index contributed by atoms with van der Waals surface area (Å²) < 4.78 is 5.46. The van der Waals surface area contributed by atoms with E-state index in [1.54, 1.807) is 4.90 Å². The highest BCUT2D eigenvalue weighted by molar-refractivity contribution is 5.83. The van der Waals surface area contributed by atoms with Crippen LogP contribution in [0.5, 0.6) is 0 Å². The zero-order chi connectivity index (χ0) is 16.6. The van der Waals surface area contributed by atoms with Crippen LogP contribution >= 0.6 is 0 Å². The molecule has 122 valence electrons. The van der Waals surface area contributed by atoms with E-state index in [2.05, 4.69) is 30.3 Å². The first-order valence-electron chi connectivity index (χ1n) is 8.06. The Bertz CT molecular complexity index is 721. The van der Waals surface area contributed by atoms with Crippen LogP contribution in [0.3, 0.4) is 0 Å². The molecule has 2 N–H and O–H groups in total. The van der Waals surface area contributed by atoms with Gasteiger partial charge in [0.05, 0.1) is 0 Å². The smallest absolute Gasteiger partial charge is 0.410 e. The maximum atomic E-state index is 12.2. The molecule has 2 aromatic rings. The lowest BCUT2D eigenvalue weighted by Crippen LogP contribution is -2.36. The van der Waals surface area contributed by atoms with Gasteiger partial charge in [-0.05, 0) is 37.1 Å². The second-order valence-corrected chi connectivity index (χ2v) is 7.26. The normalized spacial score (nSPS) is 21.7. The number of carbonyl (C=O) groups excluding carboxylic acids is 1. The van der Waals surface area contributed by atoms with Gasteiger partial charge in [0.2, 0.25) is 0 Å². The van der Waals surface area contributed by atoms with Crippen molar-refractivity contribution < 1.29 is 9.53 Å². The summed E-state index contributed by atoms with van der Waals surface area (Å²) in [5.41, 5.74) is 7.00. The van der Waals surface area contributed by atoms with Gasteiger partial charge in [-0.3, -0.25) is 0 Å². The molecule has 23 heavy (non-hydrogen) atoms. The molecule has 1 aliphatic heterocycles. The van der Waals surface area contributed by atoms with Gasteiger partial charge in [0.15, 0.2) is 0 Å². The molecule has 0 aliphatic carbocycles. The first-order chi connectivity index (χ1) is 10.8. The molecule has 4 nitrogen and oxygen atoms in total. The van der Waals surface area contributed by atoms with Crippen LogP contribution < -0.4 is 5.73 Å². The molecule has 0 saturated carbocycles. The van der Waals surface area contributed by atoms with E-state index >= 15 is 0 Å². The lowest BCUT2D eigenvalue weighted by Gasteiger charge is -2.24. The maximum absolute atomic E-state index is 12.2. The molecule has 0 bridgehead atoms. The van der Waals surface area contributed by atoms with Crippen molar-refractivity contribution in [2.24, 2.45) is 5.73 Å². The molecule has 0 aromatic heterocycles. The van der Waals surface area contributed by atoms with Gasteiger partial charge in [0.1, 0.15) is 5.60 Å². The van der Waals surface area contributed by atoms with Crippen LogP contribution in [0.1, 0.15) is 32.3 Å². The molecular weight excluding hydrogens is 288 g/mol. The van der Waals surface area contributed by atoms with Crippen molar-refractivity contribution in [3.8, 4) is 0 Å². The highest BCUT2D eigenvalue weighted by atomic mass is 16.6. The summed E-state index contributed by atoms with van der Waals surface area (Å²) in [5.74, 6) is 0.145. The Morgan fingerprint density at radius 3 is 2.52 bits per heavy atom. The number of likely N-dealkylation sites (tertiary alicyclic amines) is 1. The summed E-state index contributed by atoms with van der Waals surface area (Å²) in [6.07, 6.45) is -0.281. The van der Waals surface area contributed by atoms with Crippen molar-refractivity contribution in [2.75, 3.05) is 13.1 Å². The minimum Gasteiger partial charge on any atom is -0.444 e. The number of benzene rings is 2. The van der Waals surface area contributed by atoms with E-state index in [9.17, 15) is 4.79 Å². The van der Waals surface area contributed by atoms with Crippen LogP contribution in [-0.4, -0.2) is 35.7 Å². The van der Waals surface area contributed by atoms with Crippen molar-refractivity contribution >= 4 is 16.9 Å². The van der Waals surface area contributed by atoms with E-state index in [-0.39, 0.29) is 18.1 Å². The number of nitrogens with two attached hydrogens (primary N) is 1. The van der Waals surface area contributed by atoms with Crippen molar-refractivity contribution in [3.63, 3.8) is 0 Å². The van der Waals surface area contributed by atoms with Gasteiger partial charge in [-0.1, -0.05) is 42.5 Å². The fourth-order valence-electron chi connectivity index (χ4n) is 3.10. The summed E-state index contributed by atoms with van der Waals surface area (Å²) in [5, 5.41) is 2.42. The molecule has 2 aromatic carbocycles. The maximum Gasteiger partial charge on any atom is 0.410 e. The lowest BCUT2D eigenvalue weighted by molar-refractivity contribution is 0.0290. The standard InChI is InChI=1S/C19H24N2O2/c1-19(2,3)23-18(22)21-11-16(17(20)12-21)15-9-8-13-6-4-5-7-14(13)10-15/h4-10,16-17H,11-12,20H2,1-3H3. The number of fused-ring (bicyclic) bond motifs is 1. The molecule has 0 spiro atoms. The van der Waals surface area contributed by atoms with Crippen LogP contribution in [-0.2, 0) is 4.74 Å². The number of rotatable bonds is 1. The Labute approximate surface area is 137 Å². The van der Waals surface area contributed by atoms with Crippen molar-refractivity contribution in [2.45, 2.75) is 38.3 Å². The van der Waals surface area contributed by atoms with Crippen LogP contribution in [0, 0.1) is 0 Å². The fraction of sp³-hybridized carbons (Fsp3) is 0.421. The molecule has 1 heterocycles. The Hall–Kier alpha value is -2.07. The van der Waals surface area contributed by atoms with E-state index in [4.69, 9.17) is 10.5 Å². The minimum atomic E-state index is -0.484. The van der Waals surface area contributed by atoms with Crippen molar-refractivity contribution in [1.82, 2.24) is 4.90 Å². The highest BCUT2D eigenvalue weighted by Crippen LogP contribution is 2.29. The molecule has 3 rings (SSSR count). The molecule has 2 atom stereocenters. The molecule has 1 amide bonds. The lowest BCUT2D eigenvalue weighted by atomic mass is 9.93. The van der Waals surface area contributed by atoms with Gasteiger partial charge in [0, 0.05) is 25.0 Å². The molecule has 0 radical (unpaired) electrons. The van der Waals surface area contributed by atoms with E-state index in [0.29, 0.717) is 13.1 Å². The number of amides is 1. The number of carbonyl (C=O) groups is 1. The Morgan fingerprint density at radius 1 is 1.13 bits per heavy atom. The van der Waals surface area contributed by atoms with Gasteiger partial charge >= 0.3 is 6.09 Å². The number of hydrogen-bond acceptors (Lipinski definition) is 3. The second kappa shape index (κ2) is 5.85. The van der Waals surface area contributed by atoms with Crippen LogP contribution in [0.4, 0.5) is 4.79 Å². The number of ether oxygens (including phenoxy) is 1. The fourth-order valence-corrected chi connectivity index (χ4v) is 3.10. The van der Waals surface area contributed by atoms with Gasteiger partial charge < -0.3 is 15.4 Å². The van der Waals surface area contributed by atoms with E-state index < -0.39 is 5.60 Å². The zero-order valence-electron chi connectivity index (χ0n) is 14.0. The molecule has 1 saturated heterocycles. The monoisotopic (exact) mass is 312 g/mol. The average Bonchev–Trinajstić information content (AvgIpc) is 2.87. The third-order valence-corrected chi connectivity index (χ3v) is 4.22. The molecule has 1 aliphatic rings. The van der Waals surface area contributed by atoms with Crippen molar-refractivity contribution in [1.29, 1.82) is 0 Å². The third kappa shape index (κ3) is 3.48. The van der Waals surface area contributed by atoms with Crippen LogP contribution in [0.25, 0.3) is 10.8 Å². The van der Waals surface area contributed by atoms with Crippen LogP contribution in [0.2, 0.25) is 0 Å². The second-order valence-electron chi connectivity index (χ2n) is 7.26. The summed E-state index contributed by atoms with van der Waals surface area (Å²) in [4.78, 5) is 14.0. The SMILES string of the molecule is CC(C)(C)OC(=O)N1CC(N)C(c2ccc3ccccc3c2)C1. The minimum absolute atomic E-state index is 0.0660. The summed E-state index contributed by atoms with van der Waals surface area (Å²) in [6.45, 7) is 6.77. The molecule has 4 heteroatoms. The predicted octanol–water partition coefficient (Wildman–Crippen LogP) is 3.50. The average molecular weight is 312 g/mol. The van der Waals surface area contributed by atoms with Gasteiger partial charge in [-0.2, -0.15) is 0 Å². The summed E-state index contributed by atoms with van der Waals surface area (Å²) >= 11 is 0. The van der Waals surface area contributed by atoms with Gasteiger partial charge in [-0.15, -0.1) is 0 Å². The van der Waals surface area contributed by atoms with Crippen molar-refractivity contribution in [3.05, 3.63) is 48.0 Å². The van der Waals surface area contributed by atoms with E-state index in [0.717, 1.165) is 0 Å². The summed E-state index contributed by atoms with van der Waals surface area (Å²) in [7, 11) is 0. The van der Waals surface area contributed by atoms with E-state index in [1.807, 2.05) is 32.9 Å². The first kappa shape index (κ1) is 15.8. The van der Waals surface area contributed by atoms with E-state index in [1.165, 1.54) is 16.3 Å². The highest BCUT2D eigenvalue weighted by Gasteiger charge is 2.36. The quantitative estimate of drug-likeness (QED) is 0.877. The molecule has 2 unspecified atom stereocenters. The Kier molecular flexibility index (Phi) is 4.02. The zero-order valence-corrected chi connectivity index (χ0v) is 14.0. The summed E-state index contributed by atoms with van der Waals surface area (Å²) in [6, 6.07) is 14.6. The largest absolute Gasteiger partial charge is 0.444 e. The Balaban J connectivity index is 1.79. The third-order valence-electron chi connectivity index (χ3n) is 4.22. The predicted molar refractivity (Wildman–Crippen MR) is 92.5 cm³/mol. The Morgan fingerprint density at radius 2 is 1.83 bits per heavy atom. The number of hydrogen-bond donors (Lipinski definition) is 1. The van der Waals surface area contributed by atoms with Crippen LogP contribution in [0.15, 0.2) is 42.5 Å². The first-order valence-corrected chi connectivity index (χ1v) is 8.06. The molecule has 1 fully saturated rings. The van der Waals surface area contributed by atoms with Gasteiger partial charge in [0.25, 0.3) is 0 Å². The molecular formula is C19H24N2O2. The van der Waals surface area contributed by atoms with Gasteiger partial charge in [-0.25, -0.2) is 4.79 Å².